The molecule has 0 saturated carbocycles. The fourth-order valence-corrected chi connectivity index (χ4v) is 3.48. The minimum atomic E-state index is -0.772. The van der Waals surface area contributed by atoms with E-state index in [9.17, 15) is 14.4 Å². The number of carbonyl (C=O) groups excluding carboxylic acids is 2. The number of benzene rings is 3. The van der Waals surface area contributed by atoms with Crippen LogP contribution in [0.25, 0.3) is 21.8 Å². The van der Waals surface area contributed by atoms with Crippen LogP contribution in [0.15, 0.2) is 65.5 Å². The van der Waals surface area contributed by atoms with Crippen molar-refractivity contribution >= 4 is 33.6 Å². The number of fused-ring (bicyclic) bond motifs is 2. The molecule has 0 fully saturated rings. The predicted molar refractivity (Wildman–Crippen MR) is 122 cm³/mol. The van der Waals surface area contributed by atoms with Crippen molar-refractivity contribution in [2.75, 3.05) is 0 Å². The molecule has 0 aliphatic carbocycles. The monoisotopic (exact) mass is 432 g/mol. The first kappa shape index (κ1) is 21.2. The Morgan fingerprint density at radius 2 is 1.72 bits per heavy atom. The first-order chi connectivity index (χ1) is 15.5. The molecule has 8 heteroatoms. The second-order valence-electron chi connectivity index (χ2n) is 7.62. The van der Waals surface area contributed by atoms with Crippen LogP contribution in [0.2, 0.25) is 0 Å². The van der Waals surface area contributed by atoms with E-state index >= 15 is 0 Å². The second-order valence-corrected chi connectivity index (χ2v) is 7.62. The molecule has 0 saturated heterocycles. The molecule has 4 rings (SSSR count). The molecule has 32 heavy (non-hydrogen) atoms. The van der Waals surface area contributed by atoms with Crippen molar-refractivity contribution < 1.29 is 14.3 Å². The van der Waals surface area contributed by atoms with E-state index in [-0.39, 0.29) is 18.0 Å². The summed E-state index contributed by atoms with van der Waals surface area (Å²) in [4.78, 5) is 41.1. The van der Waals surface area contributed by atoms with Crippen LogP contribution in [-0.4, -0.2) is 27.9 Å². The zero-order valence-corrected chi connectivity index (χ0v) is 17.6. The van der Waals surface area contributed by atoms with E-state index in [0.717, 1.165) is 27.4 Å². The molecule has 0 bridgehead atoms. The number of hydrogen-bond donors (Lipinski definition) is 4. The molecule has 4 aromatic rings. The summed E-state index contributed by atoms with van der Waals surface area (Å²) in [5.41, 5.74) is 7.10. The number of ether oxygens (including phenoxy) is 1. The van der Waals surface area contributed by atoms with Gasteiger partial charge in [-0.3, -0.25) is 20.4 Å². The van der Waals surface area contributed by atoms with Gasteiger partial charge in [-0.05, 0) is 60.4 Å². The highest BCUT2D eigenvalue weighted by atomic mass is 16.5. The summed E-state index contributed by atoms with van der Waals surface area (Å²) in [5.74, 6) is -0.140. The number of rotatable bonds is 7. The molecule has 1 atom stereocenters. The number of hydrazine groups is 1. The zero-order valence-electron chi connectivity index (χ0n) is 17.6. The van der Waals surface area contributed by atoms with Crippen molar-refractivity contribution in [3.63, 3.8) is 0 Å². The number of H-pyrrole nitrogens is 2. The van der Waals surface area contributed by atoms with E-state index < -0.39 is 12.0 Å². The van der Waals surface area contributed by atoms with Gasteiger partial charge in [0, 0.05) is 6.42 Å². The van der Waals surface area contributed by atoms with Gasteiger partial charge in [-0.25, -0.2) is 4.79 Å². The number of aryl methyl sites for hydroxylation is 1. The SMILES string of the molecule is CC(Oc1ccc2ccccc2c1)C(=O)NNC(=O)CCCc1ccc2[nH]c(=O)[nH]c2c1. The first-order valence-corrected chi connectivity index (χ1v) is 10.4. The molecular formula is C24H24N4O4. The third-order valence-electron chi connectivity index (χ3n) is 5.18. The topological polar surface area (TPSA) is 116 Å². The van der Waals surface area contributed by atoms with E-state index in [1.54, 1.807) is 6.92 Å². The Labute approximate surface area is 184 Å². The number of nitrogens with one attached hydrogen (secondary N) is 4. The smallest absolute Gasteiger partial charge is 0.323 e. The Morgan fingerprint density at radius 1 is 0.938 bits per heavy atom. The van der Waals surface area contributed by atoms with Gasteiger partial charge in [-0.2, -0.15) is 0 Å². The van der Waals surface area contributed by atoms with Crippen molar-refractivity contribution in [3.05, 3.63) is 76.7 Å². The molecule has 2 amide bonds. The van der Waals surface area contributed by atoms with Gasteiger partial charge in [0.25, 0.3) is 5.91 Å². The van der Waals surface area contributed by atoms with Gasteiger partial charge in [0.15, 0.2) is 6.10 Å². The van der Waals surface area contributed by atoms with E-state index in [0.29, 0.717) is 18.6 Å². The Morgan fingerprint density at radius 3 is 2.56 bits per heavy atom. The minimum absolute atomic E-state index is 0.244. The Bertz CT molecular complexity index is 1320. The molecule has 1 unspecified atom stereocenters. The summed E-state index contributed by atoms with van der Waals surface area (Å²) in [6.07, 6.45) is 0.755. The summed E-state index contributed by atoms with van der Waals surface area (Å²) in [6, 6.07) is 19.1. The molecule has 0 aliphatic heterocycles. The first-order valence-electron chi connectivity index (χ1n) is 10.4. The maximum Gasteiger partial charge on any atom is 0.323 e. The lowest BCUT2D eigenvalue weighted by atomic mass is 10.1. The third-order valence-corrected chi connectivity index (χ3v) is 5.18. The van der Waals surface area contributed by atoms with E-state index in [2.05, 4.69) is 20.8 Å². The number of aromatic nitrogens is 2. The number of amides is 2. The minimum Gasteiger partial charge on any atom is -0.481 e. The molecule has 1 heterocycles. The van der Waals surface area contributed by atoms with Crippen molar-refractivity contribution in [2.45, 2.75) is 32.3 Å². The average molecular weight is 432 g/mol. The molecule has 3 aromatic carbocycles. The van der Waals surface area contributed by atoms with Gasteiger partial charge in [0.1, 0.15) is 5.75 Å². The fourth-order valence-electron chi connectivity index (χ4n) is 3.48. The van der Waals surface area contributed by atoms with Crippen LogP contribution in [0.3, 0.4) is 0 Å². The Hall–Kier alpha value is -4.07. The van der Waals surface area contributed by atoms with Crippen molar-refractivity contribution in [1.82, 2.24) is 20.8 Å². The van der Waals surface area contributed by atoms with Gasteiger partial charge in [0.2, 0.25) is 5.91 Å². The van der Waals surface area contributed by atoms with Gasteiger partial charge < -0.3 is 14.7 Å². The van der Waals surface area contributed by atoms with Crippen LogP contribution in [-0.2, 0) is 16.0 Å². The molecule has 0 spiro atoms. The second kappa shape index (κ2) is 9.38. The average Bonchev–Trinajstić information content (AvgIpc) is 3.16. The van der Waals surface area contributed by atoms with Gasteiger partial charge >= 0.3 is 5.69 Å². The van der Waals surface area contributed by atoms with Crippen LogP contribution in [0.1, 0.15) is 25.3 Å². The number of imidazole rings is 1. The summed E-state index contributed by atoms with van der Waals surface area (Å²) >= 11 is 0. The van der Waals surface area contributed by atoms with Crippen LogP contribution in [0.4, 0.5) is 0 Å². The molecule has 1 aromatic heterocycles. The standard InChI is InChI=1S/C24H24N4O4/c1-15(32-19-11-10-17-6-2-3-7-18(17)14-19)23(30)28-27-22(29)8-4-5-16-9-12-20-21(13-16)26-24(31)25-20/h2-3,6-7,9-15H,4-5,8H2,1H3,(H,27,29)(H,28,30)(H2,25,26,31). The van der Waals surface area contributed by atoms with Crippen LogP contribution >= 0.6 is 0 Å². The third kappa shape index (κ3) is 5.15. The van der Waals surface area contributed by atoms with E-state index in [1.807, 2.05) is 60.7 Å². The summed E-state index contributed by atoms with van der Waals surface area (Å²) in [5, 5.41) is 2.11. The van der Waals surface area contributed by atoms with Crippen LogP contribution in [0.5, 0.6) is 5.75 Å². The Kier molecular flexibility index (Phi) is 6.21. The number of aromatic amines is 2. The number of carbonyl (C=O) groups is 2. The lowest BCUT2D eigenvalue weighted by molar-refractivity contribution is -0.132. The highest BCUT2D eigenvalue weighted by Gasteiger charge is 2.15. The predicted octanol–water partition coefficient (Wildman–Crippen LogP) is 2.95. The lowest BCUT2D eigenvalue weighted by Gasteiger charge is -2.15. The van der Waals surface area contributed by atoms with Gasteiger partial charge in [-0.15, -0.1) is 0 Å². The molecule has 0 aliphatic rings. The largest absolute Gasteiger partial charge is 0.481 e. The molecule has 8 nitrogen and oxygen atoms in total. The number of hydrogen-bond acceptors (Lipinski definition) is 4. The van der Waals surface area contributed by atoms with Crippen molar-refractivity contribution in [2.24, 2.45) is 0 Å². The Balaban J connectivity index is 1.21. The fraction of sp³-hybridized carbons (Fsp3) is 0.208. The maximum absolute atomic E-state index is 12.3. The molecule has 164 valence electrons. The molecule has 0 radical (unpaired) electrons. The van der Waals surface area contributed by atoms with E-state index in [4.69, 9.17) is 4.74 Å². The lowest BCUT2D eigenvalue weighted by Crippen LogP contribution is -2.47. The highest BCUT2D eigenvalue weighted by molar-refractivity contribution is 5.86. The highest BCUT2D eigenvalue weighted by Crippen LogP contribution is 2.21. The summed E-state index contributed by atoms with van der Waals surface area (Å²) in [7, 11) is 0. The van der Waals surface area contributed by atoms with Crippen LogP contribution < -0.4 is 21.3 Å². The van der Waals surface area contributed by atoms with Gasteiger partial charge in [0.05, 0.1) is 11.0 Å². The van der Waals surface area contributed by atoms with Gasteiger partial charge in [-0.1, -0.05) is 36.4 Å². The normalized spacial score (nSPS) is 11.9. The molecular weight excluding hydrogens is 408 g/mol. The zero-order chi connectivity index (χ0) is 22.5. The summed E-state index contributed by atoms with van der Waals surface area (Å²) in [6.45, 7) is 1.62. The summed E-state index contributed by atoms with van der Waals surface area (Å²) < 4.78 is 5.70. The quantitative estimate of drug-likeness (QED) is 0.336. The van der Waals surface area contributed by atoms with Crippen molar-refractivity contribution in [1.29, 1.82) is 0 Å². The van der Waals surface area contributed by atoms with E-state index in [1.165, 1.54) is 0 Å². The van der Waals surface area contributed by atoms with Crippen molar-refractivity contribution in [3.8, 4) is 5.75 Å². The molecule has 4 N–H and O–H groups in total. The van der Waals surface area contributed by atoms with Crippen LogP contribution in [0, 0.1) is 0 Å². The maximum atomic E-state index is 12.3.